The highest BCUT2D eigenvalue weighted by Gasteiger charge is 2.26. The fourth-order valence-corrected chi connectivity index (χ4v) is 2.69. The molecule has 0 radical (unpaired) electrons. The van der Waals surface area contributed by atoms with Gasteiger partial charge < -0.3 is 15.5 Å². The smallest absolute Gasteiger partial charge is 0.225 e. The Morgan fingerprint density at radius 1 is 1.38 bits per heavy atom. The van der Waals surface area contributed by atoms with Crippen molar-refractivity contribution in [1.82, 2.24) is 15.5 Å². The topological polar surface area (TPSA) is 61.4 Å². The Hall–Kier alpha value is -1.88. The minimum Gasteiger partial charge on any atom is -0.349 e. The molecule has 5 heteroatoms. The number of nitrogens with zero attached hydrogens (tertiary/aromatic N) is 1. The number of nitrogens with one attached hydrogen (secondary N) is 2. The molecule has 2 N–H and O–H groups in total. The molecule has 2 atom stereocenters. The summed E-state index contributed by atoms with van der Waals surface area (Å²) >= 11 is 0. The Balaban J connectivity index is 2.07. The van der Waals surface area contributed by atoms with Crippen LogP contribution >= 0.6 is 0 Å². The van der Waals surface area contributed by atoms with E-state index in [-0.39, 0.29) is 23.9 Å². The van der Waals surface area contributed by atoms with E-state index in [0.29, 0.717) is 6.42 Å². The first-order valence-electron chi connectivity index (χ1n) is 7.40. The summed E-state index contributed by atoms with van der Waals surface area (Å²) in [5, 5.41) is 6.15. The van der Waals surface area contributed by atoms with E-state index < -0.39 is 0 Å². The van der Waals surface area contributed by atoms with Crippen molar-refractivity contribution in [3.8, 4) is 0 Å². The van der Waals surface area contributed by atoms with E-state index in [2.05, 4.69) is 10.6 Å². The van der Waals surface area contributed by atoms with Gasteiger partial charge in [-0.2, -0.15) is 0 Å². The lowest BCUT2D eigenvalue weighted by molar-refractivity contribution is -0.134. The molecule has 0 saturated carbocycles. The van der Waals surface area contributed by atoms with Crippen molar-refractivity contribution in [3.63, 3.8) is 0 Å². The summed E-state index contributed by atoms with van der Waals surface area (Å²) in [4.78, 5) is 25.8. The van der Waals surface area contributed by atoms with Gasteiger partial charge in [-0.25, -0.2) is 0 Å². The molecule has 1 aliphatic rings. The first-order valence-corrected chi connectivity index (χ1v) is 7.40. The van der Waals surface area contributed by atoms with Gasteiger partial charge >= 0.3 is 0 Å². The van der Waals surface area contributed by atoms with Crippen LogP contribution in [0.15, 0.2) is 30.3 Å². The van der Waals surface area contributed by atoms with Gasteiger partial charge in [-0.3, -0.25) is 9.59 Å². The Bertz CT molecular complexity index is 490. The maximum Gasteiger partial charge on any atom is 0.225 e. The van der Waals surface area contributed by atoms with Crippen LogP contribution < -0.4 is 10.6 Å². The van der Waals surface area contributed by atoms with Crippen LogP contribution in [-0.2, 0) is 9.59 Å². The van der Waals surface area contributed by atoms with Gasteiger partial charge in [0.1, 0.15) is 0 Å². The van der Waals surface area contributed by atoms with Gasteiger partial charge in [0.2, 0.25) is 11.8 Å². The van der Waals surface area contributed by atoms with E-state index in [1.54, 1.807) is 0 Å². The van der Waals surface area contributed by atoms with E-state index in [0.717, 1.165) is 25.2 Å². The molecule has 1 fully saturated rings. The van der Waals surface area contributed by atoms with Crippen molar-refractivity contribution in [2.24, 2.45) is 0 Å². The second-order valence-corrected chi connectivity index (χ2v) is 5.51. The Labute approximate surface area is 125 Å². The SMILES string of the molecule is CC(=O)NC(CC(=O)N1CCNCC1C)c1ccccc1. The molecule has 1 aromatic carbocycles. The van der Waals surface area contributed by atoms with Gasteiger partial charge in [-0.1, -0.05) is 30.3 Å². The third kappa shape index (κ3) is 4.29. The highest BCUT2D eigenvalue weighted by Crippen LogP contribution is 2.19. The highest BCUT2D eigenvalue weighted by molar-refractivity contribution is 5.79. The maximum atomic E-state index is 12.5. The summed E-state index contributed by atoms with van der Waals surface area (Å²) in [6.45, 7) is 5.89. The Kier molecular flexibility index (Phi) is 5.33. The molecular formula is C16H23N3O2. The predicted molar refractivity (Wildman–Crippen MR) is 81.7 cm³/mol. The number of carbonyl (C=O) groups is 2. The summed E-state index contributed by atoms with van der Waals surface area (Å²) < 4.78 is 0. The van der Waals surface area contributed by atoms with Crippen LogP contribution in [0.1, 0.15) is 31.9 Å². The van der Waals surface area contributed by atoms with Crippen LogP contribution in [0, 0.1) is 0 Å². The molecule has 0 spiro atoms. The standard InChI is InChI=1S/C16H23N3O2/c1-12-11-17-8-9-19(12)16(21)10-15(18-13(2)20)14-6-4-3-5-7-14/h3-7,12,15,17H,8-11H2,1-2H3,(H,18,20). The normalized spacial score (nSPS) is 19.9. The van der Waals surface area contributed by atoms with Crippen LogP contribution in [0.3, 0.4) is 0 Å². The molecule has 1 aromatic rings. The number of amides is 2. The Morgan fingerprint density at radius 3 is 2.71 bits per heavy atom. The van der Waals surface area contributed by atoms with E-state index >= 15 is 0 Å². The Morgan fingerprint density at radius 2 is 2.10 bits per heavy atom. The monoisotopic (exact) mass is 289 g/mol. The molecule has 0 aromatic heterocycles. The minimum absolute atomic E-state index is 0.0894. The molecular weight excluding hydrogens is 266 g/mol. The summed E-state index contributed by atoms with van der Waals surface area (Å²) in [5.74, 6) is -0.0309. The third-order valence-corrected chi connectivity index (χ3v) is 3.78. The van der Waals surface area contributed by atoms with Crippen molar-refractivity contribution in [2.45, 2.75) is 32.4 Å². The van der Waals surface area contributed by atoms with E-state index in [9.17, 15) is 9.59 Å². The largest absolute Gasteiger partial charge is 0.349 e. The number of piperazine rings is 1. The fraction of sp³-hybridized carbons (Fsp3) is 0.500. The molecule has 1 heterocycles. The van der Waals surface area contributed by atoms with Gasteiger partial charge in [-0.05, 0) is 12.5 Å². The first kappa shape index (κ1) is 15.5. The van der Waals surface area contributed by atoms with Gasteiger partial charge in [0.05, 0.1) is 12.5 Å². The van der Waals surface area contributed by atoms with Gasteiger partial charge in [0.25, 0.3) is 0 Å². The lowest BCUT2D eigenvalue weighted by Crippen LogP contribution is -2.52. The van der Waals surface area contributed by atoms with Crippen molar-refractivity contribution >= 4 is 11.8 Å². The zero-order valence-electron chi connectivity index (χ0n) is 12.6. The van der Waals surface area contributed by atoms with E-state index in [1.807, 2.05) is 42.2 Å². The zero-order chi connectivity index (χ0) is 15.2. The second kappa shape index (κ2) is 7.22. The zero-order valence-corrected chi connectivity index (χ0v) is 12.6. The molecule has 1 saturated heterocycles. The average molecular weight is 289 g/mol. The van der Waals surface area contributed by atoms with Gasteiger partial charge in [0, 0.05) is 32.6 Å². The first-order chi connectivity index (χ1) is 10.1. The molecule has 2 rings (SSSR count). The minimum atomic E-state index is -0.265. The quantitative estimate of drug-likeness (QED) is 0.872. The van der Waals surface area contributed by atoms with E-state index in [4.69, 9.17) is 0 Å². The van der Waals surface area contributed by atoms with Crippen LogP contribution in [0.25, 0.3) is 0 Å². The molecule has 2 amide bonds. The summed E-state index contributed by atoms with van der Waals surface area (Å²) in [7, 11) is 0. The predicted octanol–water partition coefficient (Wildman–Crippen LogP) is 1.07. The summed E-state index contributed by atoms with van der Waals surface area (Å²) in [6, 6.07) is 9.57. The van der Waals surface area contributed by atoms with Gasteiger partial charge in [-0.15, -0.1) is 0 Å². The molecule has 1 aliphatic heterocycles. The molecule has 21 heavy (non-hydrogen) atoms. The summed E-state index contributed by atoms with van der Waals surface area (Å²) in [5.41, 5.74) is 0.962. The van der Waals surface area contributed by atoms with Crippen molar-refractivity contribution in [2.75, 3.05) is 19.6 Å². The van der Waals surface area contributed by atoms with Gasteiger partial charge in [0.15, 0.2) is 0 Å². The van der Waals surface area contributed by atoms with Crippen LogP contribution in [-0.4, -0.2) is 42.4 Å². The number of hydrogen-bond acceptors (Lipinski definition) is 3. The molecule has 0 aliphatic carbocycles. The van der Waals surface area contributed by atoms with Crippen LogP contribution in [0.4, 0.5) is 0 Å². The fourth-order valence-electron chi connectivity index (χ4n) is 2.69. The third-order valence-electron chi connectivity index (χ3n) is 3.78. The number of hydrogen-bond donors (Lipinski definition) is 2. The molecule has 114 valence electrons. The van der Waals surface area contributed by atoms with Crippen molar-refractivity contribution < 1.29 is 9.59 Å². The maximum absolute atomic E-state index is 12.5. The molecule has 2 unspecified atom stereocenters. The van der Waals surface area contributed by atoms with E-state index in [1.165, 1.54) is 6.92 Å². The van der Waals surface area contributed by atoms with Crippen molar-refractivity contribution in [1.29, 1.82) is 0 Å². The number of rotatable bonds is 4. The van der Waals surface area contributed by atoms with Crippen LogP contribution in [0.5, 0.6) is 0 Å². The molecule has 5 nitrogen and oxygen atoms in total. The average Bonchev–Trinajstić information content (AvgIpc) is 2.47. The lowest BCUT2D eigenvalue weighted by Gasteiger charge is -2.35. The highest BCUT2D eigenvalue weighted by atomic mass is 16.2. The molecule has 0 bridgehead atoms. The second-order valence-electron chi connectivity index (χ2n) is 5.51. The van der Waals surface area contributed by atoms with Crippen LogP contribution in [0.2, 0.25) is 0 Å². The van der Waals surface area contributed by atoms with Crippen molar-refractivity contribution in [3.05, 3.63) is 35.9 Å². The number of carbonyl (C=O) groups excluding carboxylic acids is 2. The number of benzene rings is 1. The lowest BCUT2D eigenvalue weighted by atomic mass is 10.0. The summed E-state index contributed by atoms with van der Waals surface area (Å²) in [6.07, 6.45) is 0.300.